The average molecular weight is 366 g/mol. The van der Waals surface area contributed by atoms with Crippen LogP contribution >= 0.6 is 0 Å². The first kappa shape index (κ1) is 18.4. The lowest BCUT2D eigenvalue weighted by atomic mass is 10.1. The summed E-state index contributed by atoms with van der Waals surface area (Å²) in [6.45, 7) is 3.68. The SMILES string of the molecule is COc1ccc(F)c(-c2cc(C)c(Nc3ccc(C)cc3C(=O)O)cn2)c1. The Bertz CT molecular complexity index is 1020. The highest BCUT2D eigenvalue weighted by Crippen LogP contribution is 2.30. The number of pyridine rings is 1. The summed E-state index contributed by atoms with van der Waals surface area (Å²) in [7, 11) is 1.52. The van der Waals surface area contributed by atoms with Crippen molar-refractivity contribution in [3.05, 3.63) is 71.2 Å². The van der Waals surface area contributed by atoms with Gasteiger partial charge in [-0.1, -0.05) is 11.6 Å². The second-order valence-corrected chi connectivity index (χ2v) is 6.21. The lowest BCUT2D eigenvalue weighted by Crippen LogP contribution is -2.04. The van der Waals surface area contributed by atoms with Crippen molar-refractivity contribution in [1.82, 2.24) is 4.98 Å². The number of hydrogen-bond acceptors (Lipinski definition) is 4. The topological polar surface area (TPSA) is 71.5 Å². The van der Waals surface area contributed by atoms with Crippen molar-refractivity contribution in [2.24, 2.45) is 0 Å². The normalized spacial score (nSPS) is 10.5. The maximum Gasteiger partial charge on any atom is 0.337 e. The minimum atomic E-state index is -1.01. The van der Waals surface area contributed by atoms with Gasteiger partial charge in [0, 0.05) is 5.56 Å². The zero-order valence-corrected chi connectivity index (χ0v) is 15.2. The number of carboxylic acid groups (broad SMARTS) is 1. The van der Waals surface area contributed by atoms with Crippen LogP contribution in [0.5, 0.6) is 5.75 Å². The molecule has 0 aliphatic carbocycles. The molecule has 0 saturated heterocycles. The second kappa shape index (κ2) is 7.45. The lowest BCUT2D eigenvalue weighted by molar-refractivity contribution is 0.0698. The molecular weight excluding hydrogens is 347 g/mol. The molecule has 27 heavy (non-hydrogen) atoms. The maximum absolute atomic E-state index is 14.2. The number of methoxy groups -OCH3 is 1. The lowest BCUT2D eigenvalue weighted by Gasteiger charge is -2.14. The van der Waals surface area contributed by atoms with Gasteiger partial charge in [0.2, 0.25) is 0 Å². The highest BCUT2D eigenvalue weighted by Gasteiger charge is 2.13. The van der Waals surface area contributed by atoms with E-state index in [9.17, 15) is 14.3 Å². The Morgan fingerprint density at radius 2 is 1.89 bits per heavy atom. The van der Waals surface area contributed by atoms with Gasteiger partial charge < -0.3 is 15.2 Å². The third kappa shape index (κ3) is 3.89. The number of aryl methyl sites for hydroxylation is 2. The quantitative estimate of drug-likeness (QED) is 0.668. The zero-order valence-electron chi connectivity index (χ0n) is 15.2. The number of nitrogens with one attached hydrogen (secondary N) is 1. The summed E-state index contributed by atoms with van der Waals surface area (Å²) in [5, 5.41) is 12.5. The van der Waals surface area contributed by atoms with Crippen molar-refractivity contribution in [2.75, 3.05) is 12.4 Å². The maximum atomic E-state index is 14.2. The number of nitrogens with zero attached hydrogens (tertiary/aromatic N) is 1. The van der Waals surface area contributed by atoms with E-state index in [4.69, 9.17) is 4.74 Å². The van der Waals surface area contributed by atoms with E-state index in [1.165, 1.54) is 13.2 Å². The fourth-order valence-corrected chi connectivity index (χ4v) is 2.75. The van der Waals surface area contributed by atoms with E-state index < -0.39 is 11.8 Å². The second-order valence-electron chi connectivity index (χ2n) is 6.21. The van der Waals surface area contributed by atoms with Crippen LogP contribution in [0.2, 0.25) is 0 Å². The zero-order chi connectivity index (χ0) is 19.6. The summed E-state index contributed by atoms with van der Waals surface area (Å²) < 4.78 is 19.3. The molecule has 0 atom stereocenters. The molecule has 0 radical (unpaired) electrons. The summed E-state index contributed by atoms with van der Waals surface area (Å²) >= 11 is 0. The van der Waals surface area contributed by atoms with Crippen LogP contribution in [0, 0.1) is 19.7 Å². The molecule has 0 saturated carbocycles. The predicted octanol–water partition coefficient (Wildman–Crippen LogP) is 4.95. The highest BCUT2D eigenvalue weighted by molar-refractivity contribution is 5.95. The van der Waals surface area contributed by atoms with Gasteiger partial charge in [-0.15, -0.1) is 0 Å². The molecule has 1 aromatic heterocycles. The van der Waals surface area contributed by atoms with Crippen molar-refractivity contribution in [1.29, 1.82) is 0 Å². The Labute approximate surface area is 156 Å². The van der Waals surface area contributed by atoms with Crippen LogP contribution in [0.15, 0.2) is 48.7 Å². The number of carboxylic acids is 1. The minimum absolute atomic E-state index is 0.178. The summed E-state index contributed by atoms with van der Waals surface area (Å²) in [5.74, 6) is -0.865. The van der Waals surface area contributed by atoms with E-state index >= 15 is 0 Å². The number of benzene rings is 2. The van der Waals surface area contributed by atoms with E-state index in [2.05, 4.69) is 10.3 Å². The number of hydrogen-bond donors (Lipinski definition) is 2. The fraction of sp³-hybridized carbons (Fsp3) is 0.143. The molecule has 3 aromatic rings. The molecule has 0 aliphatic heterocycles. The van der Waals surface area contributed by atoms with Gasteiger partial charge in [0.05, 0.1) is 35.9 Å². The molecule has 6 heteroatoms. The first-order valence-electron chi connectivity index (χ1n) is 8.30. The van der Waals surface area contributed by atoms with Crippen molar-refractivity contribution in [2.45, 2.75) is 13.8 Å². The molecule has 0 bridgehead atoms. The number of aromatic nitrogens is 1. The first-order chi connectivity index (χ1) is 12.9. The molecule has 2 aromatic carbocycles. The van der Waals surface area contributed by atoms with Crippen LogP contribution < -0.4 is 10.1 Å². The molecule has 3 rings (SSSR count). The molecule has 0 aliphatic rings. The Balaban J connectivity index is 1.96. The van der Waals surface area contributed by atoms with Crippen molar-refractivity contribution < 1.29 is 19.0 Å². The number of aromatic carboxylic acids is 1. The predicted molar refractivity (Wildman–Crippen MR) is 102 cm³/mol. The number of rotatable bonds is 5. The van der Waals surface area contributed by atoms with Crippen LogP contribution in [-0.2, 0) is 0 Å². The van der Waals surface area contributed by atoms with E-state index in [0.717, 1.165) is 11.1 Å². The van der Waals surface area contributed by atoms with E-state index in [-0.39, 0.29) is 5.56 Å². The monoisotopic (exact) mass is 366 g/mol. The molecule has 5 nitrogen and oxygen atoms in total. The van der Waals surface area contributed by atoms with Gasteiger partial charge in [0.15, 0.2) is 0 Å². The van der Waals surface area contributed by atoms with Gasteiger partial charge in [-0.3, -0.25) is 4.98 Å². The standard InChI is InChI=1S/C21H19FN2O3/c1-12-4-7-18(16(8-12)21(25)26)24-20-11-23-19(9-13(20)2)15-10-14(27-3)5-6-17(15)22/h4-11,24H,1-3H3,(H,25,26). The Morgan fingerprint density at radius 3 is 2.56 bits per heavy atom. The van der Waals surface area contributed by atoms with Crippen LogP contribution in [0.3, 0.4) is 0 Å². The summed E-state index contributed by atoms with van der Waals surface area (Å²) in [5.41, 5.74) is 3.77. The van der Waals surface area contributed by atoms with E-state index in [1.54, 1.807) is 36.5 Å². The largest absolute Gasteiger partial charge is 0.497 e. The smallest absolute Gasteiger partial charge is 0.337 e. The van der Waals surface area contributed by atoms with Crippen LogP contribution in [0.25, 0.3) is 11.3 Å². The van der Waals surface area contributed by atoms with Crippen molar-refractivity contribution in [3.8, 4) is 17.0 Å². The van der Waals surface area contributed by atoms with Gasteiger partial charge in [0.1, 0.15) is 11.6 Å². The Morgan fingerprint density at radius 1 is 1.11 bits per heavy atom. The fourth-order valence-electron chi connectivity index (χ4n) is 2.75. The Kier molecular flexibility index (Phi) is 5.07. The van der Waals surface area contributed by atoms with Gasteiger partial charge in [-0.05, 0) is 55.8 Å². The summed E-state index contributed by atoms with van der Waals surface area (Å²) in [6.07, 6.45) is 1.56. The number of halogens is 1. The van der Waals surface area contributed by atoms with Gasteiger partial charge in [-0.25, -0.2) is 9.18 Å². The van der Waals surface area contributed by atoms with Gasteiger partial charge in [-0.2, -0.15) is 0 Å². The summed E-state index contributed by atoms with van der Waals surface area (Å²) in [6, 6.07) is 11.4. The van der Waals surface area contributed by atoms with E-state index in [0.29, 0.717) is 28.4 Å². The van der Waals surface area contributed by atoms with Crippen LogP contribution in [0.1, 0.15) is 21.5 Å². The van der Waals surface area contributed by atoms with Crippen LogP contribution in [-0.4, -0.2) is 23.2 Å². The third-order valence-electron chi connectivity index (χ3n) is 4.24. The molecule has 2 N–H and O–H groups in total. The number of carbonyl (C=O) groups is 1. The molecule has 0 unspecified atom stereocenters. The van der Waals surface area contributed by atoms with Gasteiger partial charge in [0.25, 0.3) is 0 Å². The van der Waals surface area contributed by atoms with Crippen molar-refractivity contribution >= 4 is 17.3 Å². The molecule has 0 amide bonds. The van der Waals surface area contributed by atoms with Crippen molar-refractivity contribution in [3.63, 3.8) is 0 Å². The summed E-state index contributed by atoms with van der Waals surface area (Å²) in [4.78, 5) is 15.8. The minimum Gasteiger partial charge on any atom is -0.497 e. The van der Waals surface area contributed by atoms with Gasteiger partial charge >= 0.3 is 5.97 Å². The molecule has 0 spiro atoms. The number of anilines is 2. The molecular formula is C21H19FN2O3. The number of ether oxygens (including phenoxy) is 1. The Hall–Kier alpha value is -3.41. The molecule has 1 heterocycles. The average Bonchev–Trinajstić information content (AvgIpc) is 2.65. The molecule has 138 valence electrons. The first-order valence-corrected chi connectivity index (χ1v) is 8.30. The highest BCUT2D eigenvalue weighted by atomic mass is 19.1. The third-order valence-corrected chi connectivity index (χ3v) is 4.24. The van der Waals surface area contributed by atoms with E-state index in [1.807, 2.05) is 19.9 Å². The van der Waals surface area contributed by atoms with Crippen LogP contribution in [0.4, 0.5) is 15.8 Å². The molecule has 0 fully saturated rings.